The van der Waals surface area contributed by atoms with Gasteiger partial charge in [0.15, 0.2) is 0 Å². The van der Waals surface area contributed by atoms with Gasteiger partial charge in [0.2, 0.25) is 10.0 Å². The molecule has 7 heteroatoms. The largest absolute Gasteiger partial charge is 0.284 e. The maximum absolute atomic E-state index is 11.9. The molecule has 0 saturated heterocycles. The molecule has 0 saturated carbocycles. The standard InChI is InChI=1S/C11H12ClN3O2S/c1-8(9-2-4-10(12)5-3-9)15-18(16,17)11-6-13-14-7-11/h2-8,15H,1H3,(H,13,14). The lowest BCUT2D eigenvalue weighted by Crippen LogP contribution is -2.26. The van der Waals surface area contributed by atoms with Gasteiger partial charge in [-0.25, -0.2) is 13.1 Å². The fourth-order valence-corrected chi connectivity index (χ4v) is 2.77. The summed E-state index contributed by atoms with van der Waals surface area (Å²) in [4.78, 5) is 0.114. The summed E-state index contributed by atoms with van der Waals surface area (Å²) >= 11 is 5.78. The number of aromatic nitrogens is 2. The quantitative estimate of drug-likeness (QED) is 0.903. The summed E-state index contributed by atoms with van der Waals surface area (Å²) in [6.07, 6.45) is 2.59. The lowest BCUT2D eigenvalue weighted by Gasteiger charge is -2.13. The lowest BCUT2D eigenvalue weighted by molar-refractivity contribution is 0.567. The van der Waals surface area contributed by atoms with E-state index in [2.05, 4.69) is 14.9 Å². The number of hydrogen-bond acceptors (Lipinski definition) is 3. The van der Waals surface area contributed by atoms with Crippen molar-refractivity contribution in [3.05, 3.63) is 47.2 Å². The highest BCUT2D eigenvalue weighted by Crippen LogP contribution is 2.18. The van der Waals surface area contributed by atoms with Gasteiger partial charge in [-0.2, -0.15) is 5.10 Å². The van der Waals surface area contributed by atoms with Crippen LogP contribution in [-0.4, -0.2) is 18.6 Å². The molecule has 2 N–H and O–H groups in total. The molecule has 0 radical (unpaired) electrons. The van der Waals surface area contributed by atoms with E-state index in [1.165, 1.54) is 12.4 Å². The van der Waals surface area contributed by atoms with Gasteiger partial charge >= 0.3 is 0 Å². The van der Waals surface area contributed by atoms with Crippen LogP contribution >= 0.6 is 11.6 Å². The Kier molecular flexibility index (Phi) is 3.70. The molecule has 1 aromatic carbocycles. The first-order valence-corrected chi connectivity index (χ1v) is 7.12. The molecule has 18 heavy (non-hydrogen) atoms. The van der Waals surface area contributed by atoms with Crippen LogP contribution in [0.25, 0.3) is 0 Å². The molecule has 0 aliphatic carbocycles. The average Bonchev–Trinajstić information content (AvgIpc) is 2.83. The van der Waals surface area contributed by atoms with Crippen LogP contribution in [-0.2, 0) is 10.0 Å². The van der Waals surface area contributed by atoms with Crippen molar-refractivity contribution in [2.45, 2.75) is 17.9 Å². The predicted molar refractivity (Wildman–Crippen MR) is 68.8 cm³/mol. The number of H-pyrrole nitrogens is 1. The monoisotopic (exact) mass is 285 g/mol. The van der Waals surface area contributed by atoms with Crippen LogP contribution in [0.3, 0.4) is 0 Å². The second-order valence-electron chi connectivity index (χ2n) is 3.83. The fraction of sp³-hybridized carbons (Fsp3) is 0.182. The molecule has 0 fully saturated rings. The van der Waals surface area contributed by atoms with Crippen molar-refractivity contribution in [3.8, 4) is 0 Å². The first-order valence-electron chi connectivity index (χ1n) is 5.25. The third kappa shape index (κ3) is 2.90. The fourth-order valence-electron chi connectivity index (χ4n) is 1.51. The number of sulfonamides is 1. The van der Waals surface area contributed by atoms with Crippen molar-refractivity contribution < 1.29 is 8.42 Å². The molecule has 0 aliphatic heterocycles. The molecular weight excluding hydrogens is 274 g/mol. The molecule has 1 atom stereocenters. The van der Waals surface area contributed by atoms with Crippen LogP contribution in [0, 0.1) is 0 Å². The SMILES string of the molecule is CC(NS(=O)(=O)c1cn[nH]c1)c1ccc(Cl)cc1. The summed E-state index contributed by atoms with van der Waals surface area (Å²) in [5, 5.41) is 6.70. The van der Waals surface area contributed by atoms with Crippen LogP contribution in [0.5, 0.6) is 0 Å². The van der Waals surface area contributed by atoms with Gasteiger partial charge in [0.05, 0.1) is 6.20 Å². The van der Waals surface area contributed by atoms with Crippen LogP contribution in [0.15, 0.2) is 41.6 Å². The van der Waals surface area contributed by atoms with Gasteiger partial charge in [0, 0.05) is 17.3 Å². The second kappa shape index (κ2) is 5.09. The highest BCUT2D eigenvalue weighted by molar-refractivity contribution is 7.89. The van der Waals surface area contributed by atoms with E-state index in [1.807, 2.05) is 0 Å². The first-order chi connectivity index (χ1) is 8.49. The Bertz CT molecular complexity index is 608. The highest BCUT2D eigenvalue weighted by atomic mass is 35.5. The van der Waals surface area contributed by atoms with Crippen molar-refractivity contribution >= 4 is 21.6 Å². The molecule has 0 amide bonds. The average molecular weight is 286 g/mol. The molecular formula is C11H12ClN3O2S. The summed E-state index contributed by atoms with van der Waals surface area (Å²) in [6.45, 7) is 1.76. The number of aromatic amines is 1. The summed E-state index contributed by atoms with van der Waals surface area (Å²) in [6, 6.07) is 6.66. The molecule has 1 aromatic heterocycles. The Morgan fingerprint density at radius 1 is 1.33 bits per heavy atom. The Balaban J connectivity index is 2.17. The van der Waals surface area contributed by atoms with Crippen LogP contribution in [0.1, 0.15) is 18.5 Å². The normalized spacial score (nSPS) is 13.4. The summed E-state index contributed by atoms with van der Waals surface area (Å²) < 4.78 is 26.5. The van der Waals surface area contributed by atoms with E-state index in [0.29, 0.717) is 5.02 Å². The Morgan fingerprint density at radius 2 is 2.00 bits per heavy atom. The van der Waals surface area contributed by atoms with E-state index in [1.54, 1.807) is 31.2 Å². The molecule has 1 heterocycles. The molecule has 96 valence electrons. The van der Waals surface area contributed by atoms with Crippen LogP contribution in [0.2, 0.25) is 5.02 Å². The lowest BCUT2D eigenvalue weighted by atomic mass is 10.1. The number of rotatable bonds is 4. The van der Waals surface area contributed by atoms with E-state index in [0.717, 1.165) is 5.56 Å². The number of hydrogen-bond donors (Lipinski definition) is 2. The number of halogens is 1. The van der Waals surface area contributed by atoms with E-state index in [9.17, 15) is 8.42 Å². The first kappa shape index (κ1) is 13.1. The minimum absolute atomic E-state index is 0.114. The molecule has 0 bridgehead atoms. The van der Waals surface area contributed by atoms with Crippen molar-refractivity contribution in [2.24, 2.45) is 0 Å². The summed E-state index contributed by atoms with van der Waals surface area (Å²) in [7, 11) is -3.55. The van der Waals surface area contributed by atoms with E-state index < -0.39 is 10.0 Å². The summed E-state index contributed by atoms with van der Waals surface area (Å²) in [5.74, 6) is 0. The third-order valence-electron chi connectivity index (χ3n) is 2.49. The summed E-state index contributed by atoms with van der Waals surface area (Å²) in [5.41, 5.74) is 0.839. The topological polar surface area (TPSA) is 74.8 Å². The Labute approximate surface area is 110 Å². The molecule has 2 aromatic rings. The van der Waals surface area contributed by atoms with Crippen LogP contribution in [0.4, 0.5) is 0 Å². The zero-order valence-corrected chi connectivity index (χ0v) is 11.2. The van der Waals surface area contributed by atoms with Gasteiger partial charge in [-0.1, -0.05) is 23.7 Å². The Hall–Kier alpha value is -1.37. The molecule has 0 aliphatic rings. The second-order valence-corrected chi connectivity index (χ2v) is 5.98. The maximum Gasteiger partial charge on any atom is 0.244 e. The van der Waals surface area contributed by atoms with Gasteiger partial charge in [-0.05, 0) is 24.6 Å². The maximum atomic E-state index is 11.9. The van der Waals surface area contributed by atoms with Gasteiger partial charge in [-0.15, -0.1) is 0 Å². The van der Waals surface area contributed by atoms with Gasteiger partial charge in [0.25, 0.3) is 0 Å². The van der Waals surface area contributed by atoms with Gasteiger partial charge in [0.1, 0.15) is 4.90 Å². The van der Waals surface area contributed by atoms with Crippen LogP contribution < -0.4 is 4.72 Å². The number of nitrogens with zero attached hydrogens (tertiary/aromatic N) is 1. The molecule has 0 spiro atoms. The zero-order chi connectivity index (χ0) is 13.2. The third-order valence-corrected chi connectivity index (χ3v) is 4.25. The molecule has 2 rings (SSSR count). The number of benzene rings is 1. The van der Waals surface area contributed by atoms with E-state index >= 15 is 0 Å². The van der Waals surface area contributed by atoms with Crippen molar-refractivity contribution in [3.63, 3.8) is 0 Å². The number of nitrogens with one attached hydrogen (secondary N) is 2. The minimum Gasteiger partial charge on any atom is -0.284 e. The molecule has 1 unspecified atom stereocenters. The van der Waals surface area contributed by atoms with Crippen molar-refractivity contribution in [2.75, 3.05) is 0 Å². The highest BCUT2D eigenvalue weighted by Gasteiger charge is 2.19. The van der Waals surface area contributed by atoms with Gasteiger partial charge in [-0.3, -0.25) is 5.10 Å². The smallest absolute Gasteiger partial charge is 0.244 e. The predicted octanol–water partition coefficient (Wildman–Crippen LogP) is 2.10. The van der Waals surface area contributed by atoms with Crippen molar-refractivity contribution in [1.29, 1.82) is 0 Å². The van der Waals surface area contributed by atoms with E-state index in [4.69, 9.17) is 11.6 Å². The van der Waals surface area contributed by atoms with Gasteiger partial charge < -0.3 is 0 Å². The molecule has 5 nitrogen and oxygen atoms in total. The zero-order valence-electron chi connectivity index (χ0n) is 9.59. The van der Waals surface area contributed by atoms with E-state index in [-0.39, 0.29) is 10.9 Å². The van der Waals surface area contributed by atoms with Crippen molar-refractivity contribution in [1.82, 2.24) is 14.9 Å². The Morgan fingerprint density at radius 3 is 2.56 bits per heavy atom. The minimum atomic E-state index is -3.55.